The fourth-order valence-corrected chi connectivity index (χ4v) is 2.30. The van der Waals surface area contributed by atoms with Gasteiger partial charge in [0.05, 0.1) is 20.3 Å². The second-order valence-electron chi connectivity index (χ2n) is 3.91. The third-order valence-corrected chi connectivity index (χ3v) is 3.02. The summed E-state index contributed by atoms with van der Waals surface area (Å²) in [5.41, 5.74) is -0.177. The minimum absolute atomic E-state index is 0.0886. The summed E-state index contributed by atoms with van der Waals surface area (Å²) in [4.78, 5) is 20.8. The molecule has 3 rings (SSSR count). The monoisotopic (exact) mass is 242 g/mol. The summed E-state index contributed by atoms with van der Waals surface area (Å²) >= 11 is 0. The van der Waals surface area contributed by atoms with Gasteiger partial charge in [-0.05, 0) is 10.4 Å². The Morgan fingerprint density at radius 3 is 1.44 bits per heavy atom. The highest BCUT2D eigenvalue weighted by atomic mass is 16.6. The van der Waals surface area contributed by atoms with E-state index in [1.165, 1.54) is 12.1 Å². The first-order valence-corrected chi connectivity index (χ1v) is 5.17. The molecule has 0 atom stereocenters. The fraction of sp³-hybridized carbons (Fsp3) is 0. The Balaban J connectivity index is 2.60. The average Bonchev–Trinajstić information content (AvgIpc) is 2.33. The van der Waals surface area contributed by atoms with Gasteiger partial charge >= 0.3 is 0 Å². The summed E-state index contributed by atoms with van der Waals surface area (Å²) in [5, 5.41) is 24.0. The molecule has 1 aliphatic rings. The van der Waals surface area contributed by atoms with Crippen LogP contribution in [0.1, 0.15) is 0 Å². The zero-order chi connectivity index (χ0) is 12.9. The summed E-state index contributed by atoms with van der Waals surface area (Å²) < 4.78 is 0. The first-order valence-electron chi connectivity index (χ1n) is 5.17. The van der Waals surface area contributed by atoms with E-state index in [9.17, 15) is 20.2 Å². The van der Waals surface area contributed by atoms with Crippen LogP contribution in [-0.4, -0.2) is 9.85 Å². The van der Waals surface area contributed by atoms with Crippen molar-refractivity contribution >= 4 is 11.4 Å². The molecule has 0 unspecified atom stereocenters. The molecule has 1 aliphatic carbocycles. The zero-order valence-corrected chi connectivity index (χ0v) is 8.99. The summed E-state index contributed by atoms with van der Waals surface area (Å²) in [5.74, 6) is 0. The van der Waals surface area contributed by atoms with Crippen LogP contribution in [0.3, 0.4) is 0 Å². The molecule has 6 heteroatoms. The lowest BCUT2D eigenvalue weighted by Gasteiger charge is -2.05. The predicted octanol–water partition coefficient (Wildman–Crippen LogP) is 2.39. The van der Waals surface area contributed by atoms with Crippen molar-refractivity contribution in [3.8, 4) is 0 Å². The van der Waals surface area contributed by atoms with Crippen molar-refractivity contribution in [1.82, 2.24) is 0 Å². The van der Waals surface area contributed by atoms with E-state index in [1.54, 1.807) is 24.3 Å². The highest BCUT2D eigenvalue weighted by Gasteiger charge is 2.20. The summed E-state index contributed by atoms with van der Waals surface area (Å²) in [6.07, 6.45) is 0. The van der Waals surface area contributed by atoms with Crippen molar-refractivity contribution in [2.75, 3.05) is 0 Å². The van der Waals surface area contributed by atoms with E-state index in [0.29, 0.717) is 20.9 Å². The maximum absolute atomic E-state index is 10.9. The van der Waals surface area contributed by atoms with Crippen molar-refractivity contribution in [3.63, 3.8) is 0 Å². The van der Waals surface area contributed by atoms with Crippen LogP contribution in [0.5, 0.6) is 0 Å². The van der Waals surface area contributed by atoms with Gasteiger partial charge in [0.15, 0.2) is 0 Å². The molecule has 0 heterocycles. The molecular formula is C12H6N2O4. The van der Waals surface area contributed by atoms with Crippen LogP contribution < -0.4 is 0 Å². The Morgan fingerprint density at radius 1 is 0.722 bits per heavy atom. The molecule has 0 saturated carbocycles. The molecule has 0 aromatic heterocycles. The summed E-state index contributed by atoms with van der Waals surface area (Å²) in [7, 11) is 0. The van der Waals surface area contributed by atoms with Gasteiger partial charge in [0.1, 0.15) is 0 Å². The SMILES string of the molecule is O=[N+]([O-])c1cccc2c1=c1c([N+](=O)[O-])cccc1=2. The van der Waals surface area contributed by atoms with Crippen LogP contribution in [-0.2, 0) is 0 Å². The van der Waals surface area contributed by atoms with Crippen molar-refractivity contribution in [3.05, 3.63) is 77.5 Å². The van der Waals surface area contributed by atoms with Gasteiger partial charge in [0, 0.05) is 12.1 Å². The fourth-order valence-electron chi connectivity index (χ4n) is 2.30. The normalized spacial score (nSPS) is 11.1. The summed E-state index contributed by atoms with van der Waals surface area (Å²) in [6.45, 7) is 0. The van der Waals surface area contributed by atoms with E-state index in [0.717, 1.165) is 0 Å². The number of benzene rings is 2. The van der Waals surface area contributed by atoms with Crippen LogP contribution in [0.4, 0.5) is 11.4 Å². The molecule has 6 nitrogen and oxygen atoms in total. The Hall–Kier alpha value is -2.76. The van der Waals surface area contributed by atoms with Gasteiger partial charge in [0.2, 0.25) is 0 Å². The summed E-state index contributed by atoms with van der Waals surface area (Å²) in [6, 6.07) is 9.34. The molecule has 2 aromatic carbocycles. The van der Waals surface area contributed by atoms with Gasteiger partial charge in [-0.15, -0.1) is 0 Å². The van der Waals surface area contributed by atoms with Gasteiger partial charge in [-0.2, -0.15) is 0 Å². The van der Waals surface area contributed by atoms with Gasteiger partial charge in [-0.1, -0.05) is 24.3 Å². The molecular weight excluding hydrogens is 236 g/mol. The lowest BCUT2D eigenvalue weighted by Crippen LogP contribution is -2.01. The van der Waals surface area contributed by atoms with E-state index in [-0.39, 0.29) is 11.4 Å². The van der Waals surface area contributed by atoms with Gasteiger partial charge in [-0.3, -0.25) is 20.2 Å². The quantitative estimate of drug-likeness (QED) is 0.510. The van der Waals surface area contributed by atoms with Crippen molar-refractivity contribution in [2.24, 2.45) is 0 Å². The minimum atomic E-state index is -0.515. The molecule has 2 aromatic rings. The predicted molar refractivity (Wildman–Crippen MR) is 61.5 cm³/mol. The van der Waals surface area contributed by atoms with Crippen molar-refractivity contribution in [2.45, 2.75) is 0 Å². The van der Waals surface area contributed by atoms with E-state index >= 15 is 0 Å². The minimum Gasteiger partial charge on any atom is -0.258 e. The molecule has 0 fully saturated rings. The van der Waals surface area contributed by atoms with E-state index in [4.69, 9.17) is 0 Å². The number of hydrogen-bond donors (Lipinski definition) is 0. The van der Waals surface area contributed by atoms with Gasteiger partial charge in [-0.25, -0.2) is 0 Å². The topological polar surface area (TPSA) is 86.3 Å². The smallest absolute Gasteiger partial charge is 0.258 e. The second-order valence-corrected chi connectivity index (χ2v) is 3.91. The average molecular weight is 242 g/mol. The van der Waals surface area contributed by atoms with Crippen LogP contribution >= 0.6 is 0 Å². The standard InChI is InChI=1S/C12H6N2O4/c15-13(16)9-5-1-3-7-8-4-2-6-10(14(17)18)12(8)11(7)9/h1-6H. The molecule has 0 spiro atoms. The molecule has 88 valence electrons. The lowest BCUT2D eigenvalue weighted by atomic mass is 9.99. The zero-order valence-electron chi connectivity index (χ0n) is 8.99. The lowest BCUT2D eigenvalue weighted by molar-refractivity contribution is -0.388. The molecule has 0 aliphatic heterocycles. The first-order chi connectivity index (χ1) is 8.61. The van der Waals surface area contributed by atoms with Crippen molar-refractivity contribution in [1.29, 1.82) is 0 Å². The molecule has 0 radical (unpaired) electrons. The Morgan fingerprint density at radius 2 is 1.11 bits per heavy atom. The first kappa shape index (κ1) is 10.4. The number of nitrogens with zero attached hydrogens (tertiary/aromatic N) is 2. The highest BCUT2D eigenvalue weighted by molar-refractivity contribution is 5.48. The maximum atomic E-state index is 10.9. The van der Waals surface area contributed by atoms with E-state index < -0.39 is 9.85 Å². The third-order valence-electron chi connectivity index (χ3n) is 3.02. The number of non-ortho nitro benzene ring substituents is 2. The number of fused-ring (bicyclic) bond motifs is 2. The third kappa shape index (κ3) is 1.17. The largest absolute Gasteiger partial charge is 0.278 e. The van der Waals surface area contributed by atoms with Crippen LogP contribution in [0.25, 0.3) is 0 Å². The second kappa shape index (κ2) is 3.36. The molecule has 18 heavy (non-hydrogen) atoms. The number of rotatable bonds is 2. The Labute approximate surface area is 99.4 Å². The maximum Gasteiger partial charge on any atom is 0.278 e. The molecule has 0 saturated heterocycles. The van der Waals surface area contributed by atoms with E-state index in [1.807, 2.05) is 0 Å². The van der Waals surface area contributed by atoms with Crippen molar-refractivity contribution < 1.29 is 9.85 Å². The molecule has 0 N–H and O–H groups in total. The van der Waals surface area contributed by atoms with Crippen LogP contribution in [0, 0.1) is 41.1 Å². The van der Waals surface area contributed by atoms with Gasteiger partial charge < -0.3 is 0 Å². The van der Waals surface area contributed by atoms with Crippen LogP contribution in [0.2, 0.25) is 0 Å². The Bertz CT molecular complexity index is 816. The number of nitro benzene ring substituents is 2. The highest BCUT2D eigenvalue weighted by Crippen LogP contribution is 2.27. The van der Waals surface area contributed by atoms with Crippen LogP contribution in [0.15, 0.2) is 36.4 Å². The molecule has 0 bridgehead atoms. The Kier molecular flexibility index (Phi) is 1.94. The van der Waals surface area contributed by atoms with Gasteiger partial charge in [0.25, 0.3) is 11.4 Å². The number of hydrogen-bond acceptors (Lipinski definition) is 4. The molecule has 0 amide bonds. The number of nitro groups is 2. The van der Waals surface area contributed by atoms with E-state index in [2.05, 4.69) is 0 Å².